The zero-order valence-corrected chi connectivity index (χ0v) is 11.4. The van der Waals surface area contributed by atoms with E-state index < -0.39 is 0 Å². The third-order valence-corrected chi connectivity index (χ3v) is 3.44. The zero-order valence-electron chi connectivity index (χ0n) is 11.4. The third-order valence-electron chi connectivity index (χ3n) is 3.44. The van der Waals surface area contributed by atoms with Crippen LogP contribution in [0.1, 0.15) is 18.4 Å². The SMILES string of the molecule is CNCc1ccnc(N2CCCC(COC)C2)c1. The molecule has 100 valence electrons. The average molecular weight is 249 g/mol. The molecule has 0 radical (unpaired) electrons. The number of nitrogens with zero attached hydrogens (tertiary/aromatic N) is 2. The lowest BCUT2D eigenvalue weighted by atomic mass is 9.99. The molecule has 18 heavy (non-hydrogen) atoms. The van der Waals surface area contributed by atoms with E-state index in [-0.39, 0.29) is 0 Å². The second-order valence-electron chi connectivity index (χ2n) is 4.96. The number of piperidine rings is 1. The van der Waals surface area contributed by atoms with Crippen molar-refractivity contribution in [2.75, 3.05) is 38.8 Å². The van der Waals surface area contributed by atoms with Crippen LogP contribution in [-0.2, 0) is 11.3 Å². The number of methoxy groups -OCH3 is 1. The Morgan fingerprint density at radius 2 is 2.44 bits per heavy atom. The van der Waals surface area contributed by atoms with Gasteiger partial charge in [-0.25, -0.2) is 4.98 Å². The highest BCUT2D eigenvalue weighted by Gasteiger charge is 2.20. The smallest absolute Gasteiger partial charge is 0.128 e. The summed E-state index contributed by atoms with van der Waals surface area (Å²) in [6, 6.07) is 4.25. The van der Waals surface area contributed by atoms with Gasteiger partial charge >= 0.3 is 0 Å². The fourth-order valence-electron chi connectivity index (χ4n) is 2.59. The molecule has 2 rings (SSSR count). The van der Waals surface area contributed by atoms with Crippen molar-refractivity contribution in [3.63, 3.8) is 0 Å². The van der Waals surface area contributed by atoms with Crippen molar-refractivity contribution in [2.45, 2.75) is 19.4 Å². The first kappa shape index (κ1) is 13.3. The van der Waals surface area contributed by atoms with Gasteiger partial charge in [-0.15, -0.1) is 0 Å². The molecule has 1 aromatic rings. The number of ether oxygens (including phenoxy) is 1. The van der Waals surface area contributed by atoms with Crippen LogP contribution < -0.4 is 10.2 Å². The van der Waals surface area contributed by atoms with Crippen LogP contribution in [0.3, 0.4) is 0 Å². The molecule has 1 aliphatic heterocycles. The van der Waals surface area contributed by atoms with Crippen LogP contribution >= 0.6 is 0 Å². The van der Waals surface area contributed by atoms with Crippen molar-refractivity contribution in [3.8, 4) is 0 Å². The summed E-state index contributed by atoms with van der Waals surface area (Å²) in [5.41, 5.74) is 1.29. The molecular weight excluding hydrogens is 226 g/mol. The van der Waals surface area contributed by atoms with Gasteiger partial charge in [0.05, 0.1) is 6.61 Å². The van der Waals surface area contributed by atoms with Gasteiger partial charge in [-0.1, -0.05) is 0 Å². The van der Waals surface area contributed by atoms with Crippen molar-refractivity contribution in [1.82, 2.24) is 10.3 Å². The number of hydrogen-bond donors (Lipinski definition) is 1. The maximum absolute atomic E-state index is 5.27. The monoisotopic (exact) mass is 249 g/mol. The van der Waals surface area contributed by atoms with Crippen molar-refractivity contribution in [1.29, 1.82) is 0 Å². The van der Waals surface area contributed by atoms with Crippen LogP contribution in [0.15, 0.2) is 18.3 Å². The van der Waals surface area contributed by atoms with Gasteiger partial charge in [0.15, 0.2) is 0 Å². The molecule has 1 saturated heterocycles. The Bertz CT molecular complexity index is 368. The van der Waals surface area contributed by atoms with Crippen LogP contribution in [0, 0.1) is 5.92 Å². The lowest BCUT2D eigenvalue weighted by Crippen LogP contribution is -2.37. The number of pyridine rings is 1. The quantitative estimate of drug-likeness (QED) is 0.861. The Labute approximate surface area is 109 Å². The Hall–Kier alpha value is -1.13. The number of aromatic nitrogens is 1. The Kier molecular flexibility index (Phi) is 4.96. The van der Waals surface area contributed by atoms with Gasteiger partial charge in [-0.3, -0.25) is 0 Å². The minimum Gasteiger partial charge on any atom is -0.384 e. The summed E-state index contributed by atoms with van der Waals surface area (Å²) in [7, 11) is 3.75. The van der Waals surface area contributed by atoms with Gasteiger partial charge in [0, 0.05) is 32.9 Å². The van der Waals surface area contributed by atoms with E-state index in [4.69, 9.17) is 4.74 Å². The van der Waals surface area contributed by atoms with Crippen LogP contribution in [0.5, 0.6) is 0 Å². The van der Waals surface area contributed by atoms with Crippen LogP contribution in [0.2, 0.25) is 0 Å². The zero-order chi connectivity index (χ0) is 12.8. The van der Waals surface area contributed by atoms with Crippen LogP contribution in [0.4, 0.5) is 5.82 Å². The molecule has 1 atom stereocenters. The molecule has 0 spiro atoms. The molecule has 1 fully saturated rings. The summed E-state index contributed by atoms with van der Waals surface area (Å²) in [5, 5.41) is 3.18. The maximum Gasteiger partial charge on any atom is 0.128 e. The van der Waals surface area contributed by atoms with Crippen LogP contribution in [0.25, 0.3) is 0 Å². The number of hydrogen-bond acceptors (Lipinski definition) is 4. The molecule has 4 nitrogen and oxygen atoms in total. The van der Waals surface area contributed by atoms with Gasteiger partial charge in [0.1, 0.15) is 5.82 Å². The molecule has 0 aromatic carbocycles. The molecule has 1 unspecified atom stereocenters. The first-order valence-corrected chi connectivity index (χ1v) is 6.67. The van der Waals surface area contributed by atoms with E-state index in [9.17, 15) is 0 Å². The molecule has 1 N–H and O–H groups in total. The minimum atomic E-state index is 0.638. The second-order valence-corrected chi connectivity index (χ2v) is 4.96. The molecular formula is C14H23N3O. The summed E-state index contributed by atoms with van der Waals surface area (Å²) in [6.07, 6.45) is 4.40. The fraction of sp³-hybridized carbons (Fsp3) is 0.643. The van der Waals surface area contributed by atoms with Crippen LogP contribution in [-0.4, -0.2) is 38.8 Å². The maximum atomic E-state index is 5.27. The third kappa shape index (κ3) is 3.43. The molecule has 2 heterocycles. The summed E-state index contributed by atoms with van der Waals surface area (Å²) in [4.78, 5) is 6.88. The van der Waals surface area contributed by atoms with Crippen molar-refractivity contribution < 1.29 is 4.74 Å². The van der Waals surface area contributed by atoms with E-state index in [2.05, 4.69) is 27.3 Å². The van der Waals surface area contributed by atoms with Crippen molar-refractivity contribution in [2.24, 2.45) is 5.92 Å². The molecule has 0 aliphatic carbocycles. The number of nitrogens with one attached hydrogen (secondary N) is 1. The van der Waals surface area contributed by atoms with Gasteiger partial charge in [0.25, 0.3) is 0 Å². The highest BCUT2D eigenvalue weighted by atomic mass is 16.5. The predicted octanol–water partition coefficient (Wildman–Crippen LogP) is 1.66. The Morgan fingerprint density at radius 1 is 1.56 bits per heavy atom. The first-order valence-electron chi connectivity index (χ1n) is 6.67. The van der Waals surface area contributed by atoms with E-state index >= 15 is 0 Å². The Balaban J connectivity index is 2.03. The van der Waals surface area contributed by atoms with E-state index in [1.807, 2.05) is 13.2 Å². The lowest BCUT2D eigenvalue weighted by Gasteiger charge is -2.33. The predicted molar refractivity (Wildman–Crippen MR) is 73.8 cm³/mol. The van der Waals surface area contributed by atoms with Crippen molar-refractivity contribution >= 4 is 5.82 Å². The largest absolute Gasteiger partial charge is 0.384 e. The molecule has 0 saturated carbocycles. The molecule has 1 aliphatic rings. The highest BCUT2D eigenvalue weighted by Crippen LogP contribution is 2.22. The average Bonchev–Trinajstić information content (AvgIpc) is 2.40. The summed E-state index contributed by atoms with van der Waals surface area (Å²) in [5.74, 6) is 1.74. The minimum absolute atomic E-state index is 0.638. The molecule has 4 heteroatoms. The van der Waals surface area contributed by atoms with E-state index in [0.29, 0.717) is 5.92 Å². The van der Waals surface area contributed by atoms with Gasteiger partial charge in [-0.05, 0) is 43.5 Å². The van der Waals surface area contributed by atoms with Gasteiger partial charge in [0.2, 0.25) is 0 Å². The first-order chi connectivity index (χ1) is 8.83. The standard InChI is InChI=1S/C14H23N3O/c1-15-9-12-5-6-16-14(8-12)17-7-3-4-13(10-17)11-18-2/h5-6,8,13,15H,3-4,7,9-11H2,1-2H3. The summed E-state index contributed by atoms with van der Waals surface area (Å²) in [6.45, 7) is 3.91. The molecule has 0 amide bonds. The van der Waals surface area contributed by atoms with Gasteiger partial charge < -0.3 is 15.0 Å². The van der Waals surface area contributed by atoms with Crippen molar-refractivity contribution in [3.05, 3.63) is 23.9 Å². The topological polar surface area (TPSA) is 37.4 Å². The fourth-order valence-corrected chi connectivity index (χ4v) is 2.59. The normalized spacial score (nSPS) is 20.1. The lowest BCUT2D eigenvalue weighted by molar-refractivity contribution is 0.143. The van der Waals surface area contributed by atoms with E-state index in [1.54, 1.807) is 7.11 Å². The summed E-state index contributed by atoms with van der Waals surface area (Å²) >= 11 is 0. The van der Waals surface area contributed by atoms with Gasteiger partial charge in [-0.2, -0.15) is 0 Å². The highest BCUT2D eigenvalue weighted by molar-refractivity contribution is 5.41. The van der Waals surface area contributed by atoms with E-state index in [0.717, 1.165) is 32.1 Å². The second kappa shape index (κ2) is 6.71. The number of anilines is 1. The Morgan fingerprint density at radius 3 is 3.22 bits per heavy atom. The molecule has 1 aromatic heterocycles. The number of rotatable bonds is 5. The van der Waals surface area contributed by atoms with E-state index in [1.165, 1.54) is 18.4 Å². The molecule has 0 bridgehead atoms. The summed E-state index contributed by atoms with van der Waals surface area (Å²) < 4.78 is 5.27.